The minimum Gasteiger partial charge on any atom is -0.491 e. The molecule has 5 N–H and O–H groups in total. The van der Waals surface area contributed by atoms with Crippen molar-refractivity contribution in [2.24, 2.45) is 9.98 Å². The van der Waals surface area contributed by atoms with E-state index < -0.39 is 12.0 Å². The van der Waals surface area contributed by atoms with Gasteiger partial charge in [0.2, 0.25) is 11.9 Å². The first-order valence-electron chi connectivity index (χ1n) is 12.1. The summed E-state index contributed by atoms with van der Waals surface area (Å²) in [6, 6.07) is 13.6. The Bertz CT molecular complexity index is 1360. The molecule has 1 atom stereocenters. The molecule has 0 bridgehead atoms. The second-order valence-corrected chi connectivity index (χ2v) is 8.65. The number of hydrogen-bond donors (Lipinski definition) is 4. The maximum absolute atomic E-state index is 12.8. The summed E-state index contributed by atoms with van der Waals surface area (Å²) in [5, 5.41) is 16.5. The van der Waals surface area contributed by atoms with Gasteiger partial charge in [0.05, 0.1) is 19.2 Å². The summed E-state index contributed by atoms with van der Waals surface area (Å²) in [7, 11) is 1.52. The van der Waals surface area contributed by atoms with Gasteiger partial charge in [-0.2, -0.15) is 0 Å². The number of carbonyl (C=O) groups is 1. The SMILES string of the molecule is COc1c(OCC(O)CNCc2ccccc2)ccc2c1N=C(NC(=O)c1cnc(N)nc1)N1CCN=C21. The second kappa shape index (κ2) is 11.2. The van der Waals surface area contributed by atoms with Crippen molar-refractivity contribution in [2.45, 2.75) is 12.6 Å². The van der Waals surface area contributed by atoms with Crippen LogP contribution in [0.3, 0.4) is 0 Å². The molecule has 1 amide bonds. The van der Waals surface area contributed by atoms with Crippen LogP contribution in [0.1, 0.15) is 21.5 Å². The summed E-state index contributed by atoms with van der Waals surface area (Å²) in [6.07, 6.45) is 1.95. The fourth-order valence-corrected chi connectivity index (χ4v) is 4.15. The quantitative estimate of drug-likeness (QED) is 0.326. The zero-order chi connectivity index (χ0) is 26.5. The maximum Gasteiger partial charge on any atom is 0.261 e. The van der Waals surface area contributed by atoms with Crippen LogP contribution in [0.4, 0.5) is 11.6 Å². The summed E-state index contributed by atoms with van der Waals surface area (Å²) in [5.41, 5.74) is 8.12. The van der Waals surface area contributed by atoms with Gasteiger partial charge in [0.1, 0.15) is 24.2 Å². The lowest BCUT2D eigenvalue weighted by molar-refractivity contribution is 0.0973. The van der Waals surface area contributed by atoms with E-state index >= 15 is 0 Å². The van der Waals surface area contributed by atoms with E-state index in [1.54, 1.807) is 6.07 Å². The molecule has 3 aromatic rings. The van der Waals surface area contributed by atoms with E-state index in [-0.39, 0.29) is 18.1 Å². The third-order valence-electron chi connectivity index (χ3n) is 6.00. The number of aliphatic hydroxyl groups excluding tert-OH is 1. The van der Waals surface area contributed by atoms with Crippen LogP contribution in [-0.4, -0.2) is 77.1 Å². The molecule has 0 saturated heterocycles. The van der Waals surface area contributed by atoms with Crippen molar-refractivity contribution in [3.63, 3.8) is 0 Å². The maximum atomic E-state index is 12.8. The molecule has 196 valence electrons. The van der Waals surface area contributed by atoms with E-state index in [9.17, 15) is 9.90 Å². The van der Waals surface area contributed by atoms with Gasteiger partial charge in [-0.25, -0.2) is 15.0 Å². The van der Waals surface area contributed by atoms with Crippen LogP contribution in [0.25, 0.3) is 0 Å². The molecule has 38 heavy (non-hydrogen) atoms. The number of methoxy groups -OCH3 is 1. The zero-order valence-corrected chi connectivity index (χ0v) is 20.8. The highest BCUT2D eigenvalue weighted by atomic mass is 16.5. The van der Waals surface area contributed by atoms with Gasteiger partial charge in [0.25, 0.3) is 5.91 Å². The first-order chi connectivity index (χ1) is 18.5. The van der Waals surface area contributed by atoms with E-state index in [0.29, 0.717) is 55.2 Å². The number of nitrogens with two attached hydrogens (primary N) is 1. The molecule has 12 nitrogen and oxygen atoms in total. The van der Waals surface area contributed by atoms with Crippen LogP contribution < -0.4 is 25.8 Å². The lowest BCUT2D eigenvalue weighted by Gasteiger charge is -2.28. The molecule has 0 fully saturated rings. The number of aliphatic hydroxyl groups is 1. The number of ether oxygens (including phenoxy) is 2. The van der Waals surface area contributed by atoms with Crippen LogP contribution in [-0.2, 0) is 6.54 Å². The second-order valence-electron chi connectivity index (χ2n) is 8.65. The predicted molar refractivity (Wildman–Crippen MR) is 142 cm³/mol. The Hall–Kier alpha value is -4.55. The number of fused-ring (bicyclic) bond motifs is 3. The van der Waals surface area contributed by atoms with Crippen LogP contribution in [0.5, 0.6) is 11.5 Å². The van der Waals surface area contributed by atoms with Crippen LogP contribution in [0.15, 0.2) is 64.8 Å². The first-order valence-corrected chi connectivity index (χ1v) is 12.1. The molecule has 1 aromatic heterocycles. The lowest BCUT2D eigenvalue weighted by atomic mass is 10.1. The molecule has 2 aliphatic heterocycles. The van der Waals surface area contributed by atoms with E-state index in [2.05, 4.69) is 25.6 Å². The molecular weight excluding hydrogens is 488 g/mol. The number of amides is 1. The highest BCUT2D eigenvalue weighted by Gasteiger charge is 2.33. The van der Waals surface area contributed by atoms with E-state index in [0.717, 1.165) is 11.1 Å². The third kappa shape index (κ3) is 5.41. The molecule has 12 heteroatoms. The summed E-state index contributed by atoms with van der Waals surface area (Å²) in [5.74, 6) is 1.42. The van der Waals surface area contributed by atoms with Crippen molar-refractivity contribution >= 4 is 29.3 Å². The van der Waals surface area contributed by atoms with Gasteiger partial charge in [-0.3, -0.25) is 20.0 Å². The number of nitrogens with one attached hydrogen (secondary N) is 2. The average molecular weight is 517 g/mol. The molecule has 0 aliphatic carbocycles. The number of benzene rings is 2. The lowest BCUT2D eigenvalue weighted by Crippen LogP contribution is -2.47. The predicted octanol–water partition coefficient (Wildman–Crippen LogP) is 1.09. The van der Waals surface area contributed by atoms with Gasteiger partial charge < -0.3 is 25.6 Å². The summed E-state index contributed by atoms with van der Waals surface area (Å²) < 4.78 is 11.6. The minimum atomic E-state index is -0.741. The highest BCUT2D eigenvalue weighted by Crippen LogP contribution is 2.43. The third-order valence-corrected chi connectivity index (χ3v) is 6.00. The van der Waals surface area contributed by atoms with E-state index in [1.165, 1.54) is 19.5 Å². The van der Waals surface area contributed by atoms with Crippen molar-refractivity contribution in [1.82, 2.24) is 25.5 Å². The monoisotopic (exact) mass is 516 g/mol. The molecule has 1 unspecified atom stereocenters. The van der Waals surface area contributed by atoms with Gasteiger partial charge >= 0.3 is 0 Å². The average Bonchev–Trinajstić information content (AvgIpc) is 3.43. The van der Waals surface area contributed by atoms with Gasteiger partial charge in [0.15, 0.2) is 11.5 Å². The van der Waals surface area contributed by atoms with Gasteiger partial charge in [0, 0.05) is 37.6 Å². The minimum absolute atomic E-state index is 0.0501. The molecule has 0 radical (unpaired) electrons. The van der Waals surface area contributed by atoms with Crippen molar-refractivity contribution in [3.05, 3.63) is 71.5 Å². The number of aliphatic imine (C=N–C) groups is 2. The van der Waals surface area contributed by atoms with Gasteiger partial charge in [-0.05, 0) is 17.7 Å². The smallest absolute Gasteiger partial charge is 0.261 e. The molecule has 0 spiro atoms. The number of rotatable bonds is 9. The number of aromatic nitrogens is 2. The number of amidine groups is 1. The van der Waals surface area contributed by atoms with Crippen molar-refractivity contribution < 1.29 is 19.4 Å². The summed E-state index contributed by atoms with van der Waals surface area (Å²) in [4.78, 5) is 31.7. The highest BCUT2D eigenvalue weighted by molar-refractivity contribution is 6.20. The fraction of sp³-hybridized carbons (Fsp3) is 0.269. The largest absolute Gasteiger partial charge is 0.491 e. The van der Waals surface area contributed by atoms with Gasteiger partial charge in [-0.1, -0.05) is 30.3 Å². The number of nitrogens with zero attached hydrogens (tertiary/aromatic N) is 5. The molecular formula is C26H28N8O4. The summed E-state index contributed by atoms with van der Waals surface area (Å²) in [6.45, 7) is 2.17. The standard InChI is InChI=1S/C26H28N8O4/c1-37-22-20(38-15-18(35)14-28-11-16-5-3-2-4-6-16)8-7-19-21(22)32-26(34-10-9-29-23(19)34)33-24(36)17-12-30-25(27)31-13-17/h2-8,12-13,18,28,35H,9-11,14-15H2,1H3,(H2,27,30,31)(H,32,33,36). The van der Waals surface area contributed by atoms with Crippen molar-refractivity contribution in [2.75, 3.05) is 39.1 Å². The molecule has 3 heterocycles. The van der Waals surface area contributed by atoms with E-state index in [4.69, 9.17) is 20.2 Å². The number of hydrogen-bond acceptors (Lipinski definition) is 11. The normalized spacial score (nSPS) is 14.6. The topological polar surface area (TPSA) is 160 Å². The number of guanidine groups is 1. The Balaban J connectivity index is 1.31. The number of anilines is 1. The van der Waals surface area contributed by atoms with Crippen molar-refractivity contribution in [1.29, 1.82) is 0 Å². The Morgan fingerprint density at radius 1 is 1.18 bits per heavy atom. The van der Waals surface area contributed by atoms with Crippen LogP contribution >= 0.6 is 0 Å². The van der Waals surface area contributed by atoms with Crippen LogP contribution in [0, 0.1) is 0 Å². The van der Waals surface area contributed by atoms with Crippen LogP contribution in [0.2, 0.25) is 0 Å². The fourth-order valence-electron chi connectivity index (χ4n) is 4.15. The zero-order valence-electron chi connectivity index (χ0n) is 20.8. The molecule has 2 aromatic carbocycles. The number of nitrogen functional groups attached to an aromatic ring is 1. The van der Waals surface area contributed by atoms with Crippen molar-refractivity contribution in [3.8, 4) is 11.5 Å². The molecule has 2 aliphatic rings. The Labute approximate surface area is 219 Å². The number of carbonyl (C=O) groups excluding carboxylic acids is 1. The van der Waals surface area contributed by atoms with Gasteiger partial charge in [-0.15, -0.1) is 0 Å². The Kier molecular flexibility index (Phi) is 7.43. The van der Waals surface area contributed by atoms with E-state index in [1.807, 2.05) is 41.3 Å². The molecule has 0 saturated carbocycles. The molecule has 5 rings (SSSR count). The Morgan fingerprint density at radius 2 is 1.97 bits per heavy atom. The summed E-state index contributed by atoms with van der Waals surface area (Å²) >= 11 is 0. The Morgan fingerprint density at radius 3 is 2.74 bits per heavy atom. The first kappa shape index (κ1) is 25.1.